The third-order valence-electron chi connectivity index (χ3n) is 4.37. The van der Waals surface area contributed by atoms with Crippen molar-refractivity contribution < 1.29 is 13.9 Å². The van der Waals surface area contributed by atoms with E-state index in [1.807, 2.05) is 19.9 Å². The van der Waals surface area contributed by atoms with E-state index in [4.69, 9.17) is 4.74 Å². The molecule has 0 aliphatic rings. The molecule has 1 aromatic carbocycles. The van der Waals surface area contributed by atoms with Crippen molar-refractivity contribution in [3.8, 4) is 0 Å². The highest BCUT2D eigenvalue weighted by molar-refractivity contribution is 5.99. The molecule has 26 heavy (non-hydrogen) atoms. The smallest absolute Gasteiger partial charge is 0.256 e. The molecule has 1 amide bonds. The minimum absolute atomic E-state index is 0.245. The Hall–Kier alpha value is -2.80. The van der Waals surface area contributed by atoms with Crippen LogP contribution in [0.25, 0.3) is 5.65 Å². The monoisotopic (exact) mass is 356 g/mol. The Morgan fingerprint density at radius 2 is 2.08 bits per heavy atom. The average molecular weight is 356 g/mol. The molecule has 0 radical (unpaired) electrons. The fourth-order valence-corrected chi connectivity index (χ4v) is 2.92. The molecule has 0 saturated carbocycles. The van der Waals surface area contributed by atoms with Gasteiger partial charge in [-0.05, 0) is 31.0 Å². The standard InChI is InChI=1S/C19H21FN4O2/c1-12-15(10-14-6-4-5-7-17(14)20)13(2)24-18(23-12)16(11-22-24)19(25)21-8-9-26-3/h4-7,11H,8-10H2,1-3H3,(H,21,25). The Balaban J connectivity index is 1.96. The van der Waals surface area contributed by atoms with Crippen LogP contribution in [0.1, 0.15) is 32.9 Å². The van der Waals surface area contributed by atoms with Crippen LogP contribution in [-0.2, 0) is 11.2 Å². The predicted octanol–water partition coefficient (Wildman–Crippen LogP) is 2.45. The summed E-state index contributed by atoms with van der Waals surface area (Å²) in [5, 5.41) is 7.07. The van der Waals surface area contributed by atoms with Crippen molar-refractivity contribution in [2.45, 2.75) is 20.3 Å². The number of nitrogens with zero attached hydrogens (tertiary/aromatic N) is 3. The zero-order chi connectivity index (χ0) is 18.7. The van der Waals surface area contributed by atoms with Crippen LogP contribution in [0.2, 0.25) is 0 Å². The molecule has 0 fully saturated rings. The number of halogens is 1. The van der Waals surface area contributed by atoms with Crippen molar-refractivity contribution >= 4 is 11.6 Å². The SMILES string of the molecule is COCCNC(=O)c1cnn2c(C)c(Cc3ccccc3F)c(C)nc12. The maximum Gasteiger partial charge on any atom is 0.256 e. The molecule has 0 atom stereocenters. The first-order valence-electron chi connectivity index (χ1n) is 8.37. The first-order chi connectivity index (χ1) is 12.5. The number of hydrogen-bond donors (Lipinski definition) is 1. The molecule has 0 saturated heterocycles. The van der Waals surface area contributed by atoms with E-state index in [1.165, 1.54) is 12.3 Å². The van der Waals surface area contributed by atoms with Gasteiger partial charge in [0.15, 0.2) is 5.65 Å². The van der Waals surface area contributed by atoms with E-state index in [2.05, 4.69) is 15.4 Å². The van der Waals surface area contributed by atoms with Gasteiger partial charge in [-0.25, -0.2) is 13.9 Å². The van der Waals surface area contributed by atoms with Gasteiger partial charge in [0.1, 0.15) is 11.4 Å². The van der Waals surface area contributed by atoms with Crippen molar-refractivity contribution in [3.63, 3.8) is 0 Å². The molecule has 0 aliphatic heterocycles. The summed E-state index contributed by atoms with van der Waals surface area (Å²) in [5.74, 6) is -0.490. The Labute approximate surface area is 151 Å². The van der Waals surface area contributed by atoms with Crippen molar-refractivity contribution in [2.75, 3.05) is 20.3 Å². The first-order valence-corrected chi connectivity index (χ1v) is 8.37. The molecule has 3 aromatic rings. The lowest BCUT2D eigenvalue weighted by Crippen LogP contribution is -2.27. The molecular formula is C19H21FN4O2. The fraction of sp³-hybridized carbons (Fsp3) is 0.316. The summed E-state index contributed by atoms with van der Waals surface area (Å²) in [6.45, 7) is 4.61. The van der Waals surface area contributed by atoms with Gasteiger partial charge in [-0.15, -0.1) is 0 Å². The summed E-state index contributed by atoms with van der Waals surface area (Å²) in [6, 6.07) is 6.69. The fourth-order valence-electron chi connectivity index (χ4n) is 2.92. The normalized spacial score (nSPS) is 11.1. The topological polar surface area (TPSA) is 68.5 Å². The summed E-state index contributed by atoms with van der Waals surface area (Å²) in [4.78, 5) is 16.9. The second-order valence-corrected chi connectivity index (χ2v) is 6.07. The number of nitrogens with one attached hydrogen (secondary N) is 1. The van der Waals surface area contributed by atoms with Crippen molar-refractivity contribution in [3.05, 3.63) is 64.4 Å². The van der Waals surface area contributed by atoms with Crippen LogP contribution in [0.15, 0.2) is 30.5 Å². The van der Waals surface area contributed by atoms with Crippen LogP contribution >= 0.6 is 0 Å². The number of fused-ring (bicyclic) bond motifs is 1. The Bertz CT molecular complexity index is 952. The zero-order valence-corrected chi connectivity index (χ0v) is 15.0. The molecule has 0 unspecified atom stereocenters. The van der Waals surface area contributed by atoms with Gasteiger partial charge in [-0.2, -0.15) is 5.10 Å². The van der Waals surface area contributed by atoms with Gasteiger partial charge in [0.2, 0.25) is 0 Å². The average Bonchev–Trinajstić information content (AvgIpc) is 3.04. The van der Waals surface area contributed by atoms with Gasteiger partial charge in [-0.1, -0.05) is 18.2 Å². The molecular weight excluding hydrogens is 335 g/mol. The van der Waals surface area contributed by atoms with Crippen molar-refractivity contribution in [2.24, 2.45) is 0 Å². The number of aryl methyl sites for hydroxylation is 2. The molecule has 136 valence electrons. The van der Waals surface area contributed by atoms with Gasteiger partial charge in [0.05, 0.1) is 12.8 Å². The van der Waals surface area contributed by atoms with Crippen LogP contribution in [0.3, 0.4) is 0 Å². The summed E-state index contributed by atoms with van der Waals surface area (Å²) in [7, 11) is 1.58. The quantitative estimate of drug-likeness (QED) is 0.689. The van der Waals surface area contributed by atoms with Crippen LogP contribution in [0.5, 0.6) is 0 Å². The van der Waals surface area contributed by atoms with E-state index in [-0.39, 0.29) is 11.7 Å². The van der Waals surface area contributed by atoms with E-state index in [0.29, 0.717) is 36.3 Å². The van der Waals surface area contributed by atoms with Crippen LogP contribution < -0.4 is 5.32 Å². The lowest BCUT2D eigenvalue weighted by Gasteiger charge is -2.12. The summed E-state index contributed by atoms with van der Waals surface area (Å²) in [6.07, 6.45) is 1.92. The van der Waals surface area contributed by atoms with Gasteiger partial charge in [-0.3, -0.25) is 4.79 Å². The first kappa shape index (κ1) is 18.0. The maximum absolute atomic E-state index is 14.0. The van der Waals surface area contributed by atoms with Gasteiger partial charge < -0.3 is 10.1 Å². The summed E-state index contributed by atoms with van der Waals surface area (Å²) < 4.78 is 20.6. The van der Waals surface area contributed by atoms with Crippen LogP contribution in [-0.4, -0.2) is 40.8 Å². The second-order valence-electron chi connectivity index (χ2n) is 6.07. The molecule has 1 N–H and O–H groups in total. The van der Waals surface area contributed by atoms with Crippen molar-refractivity contribution in [1.29, 1.82) is 0 Å². The van der Waals surface area contributed by atoms with E-state index in [9.17, 15) is 9.18 Å². The highest BCUT2D eigenvalue weighted by Gasteiger charge is 2.18. The Kier molecular flexibility index (Phi) is 5.27. The Morgan fingerprint density at radius 3 is 2.81 bits per heavy atom. The number of ether oxygens (including phenoxy) is 1. The molecule has 6 nitrogen and oxygen atoms in total. The van der Waals surface area contributed by atoms with Crippen molar-refractivity contribution in [1.82, 2.24) is 19.9 Å². The number of carbonyl (C=O) groups is 1. The molecule has 2 heterocycles. The van der Waals surface area contributed by atoms with Gasteiger partial charge >= 0.3 is 0 Å². The van der Waals surface area contributed by atoms with E-state index in [1.54, 1.807) is 23.8 Å². The van der Waals surface area contributed by atoms with Gasteiger partial charge in [0.25, 0.3) is 5.91 Å². The minimum Gasteiger partial charge on any atom is -0.383 e. The third kappa shape index (κ3) is 3.43. The number of carbonyl (C=O) groups excluding carboxylic acids is 1. The predicted molar refractivity (Wildman–Crippen MR) is 95.9 cm³/mol. The number of hydrogen-bond acceptors (Lipinski definition) is 4. The van der Waals surface area contributed by atoms with Crippen LogP contribution in [0.4, 0.5) is 4.39 Å². The highest BCUT2D eigenvalue weighted by atomic mass is 19.1. The number of aromatic nitrogens is 3. The number of amides is 1. The summed E-state index contributed by atoms with van der Waals surface area (Å²) >= 11 is 0. The largest absolute Gasteiger partial charge is 0.383 e. The zero-order valence-electron chi connectivity index (χ0n) is 15.0. The lowest BCUT2D eigenvalue weighted by atomic mass is 10.0. The molecule has 0 spiro atoms. The van der Waals surface area contributed by atoms with E-state index < -0.39 is 0 Å². The second kappa shape index (κ2) is 7.61. The molecule has 0 bridgehead atoms. The Morgan fingerprint density at radius 1 is 1.31 bits per heavy atom. The minimum atomic E-state index is -0.245. The summed E-state index contributed by atoms with van der Waals surface area (Å²) in [5.41, 5.74) is 4.00. The van der Waals surface area contributed by atoms with Gasteiger partial charge in [0, 0.05) is 31.5 Å². The lowest BCUT2D eigenvalue weighted by molar-refractivity contribution is 0.0938. The maximum atomic E-state index is 14.0. The number of methoxy groups -OCH3 is 1. The third-order valence-corrected chi connectivity index (χ3v) is 4.37. The molecule has 3 rings (SSSR count). The molecule has 7 heteroatoms. The number of rotatable bonds is 6. The van der Waals surface area contributed by atoms with Crippen LogP contribution in [0, 0.1) is 19.7 Å². The van der Waals surface area contributed by atoms with E-state index in [0.717, 1.165) is 17.0 Å². The highest BCUT2D eigenvalue weighted by Crippen LogP contribution is 2.21. The molecule has 0 aliphatic carbocycles. The molecule has 2 aromatic heterocycles. The number of benzene rings is 1. The van der Waals surface area contributed by atoms with E-state index >= 15 is 0 Å².